The maximum Gasteiger partial charge on any atom is 0.321 e. The predicted octanol–water partition coefficient (Wildman–Crippen LogP) is 3.30. The molecular formula is C25H29FN6O2. The quantitative estimate of drug-likeness (QED) is 0.643. The van der Waals surface area contributed by atoms with Crippen LogP contribution in [0.5, 0.6) is 0 Å². The zero-order chi connectivity index (χ0) is 23.7. The van der Waals surface area contributed by atoms with E-state index in [2.05, 4.69) is 14.8 Å². The number of hydrogen-bond donors (Lipinski definition) is 1. The van der Waals surface area contributed by atoms with Crippen molar-refractivity contribution >= 4 is 28.7 Å². The van der Waals surface area contributed by atoms with Crippen molar-refractivity contribution in [2.75, 3.05) is 44.6 Å². The second-order valence-corrected chi connectivity index (χ2v) is 8.99. The molecule has 2 fully saturated rings. The summed E-state index contributed by atoms with van der Waals surface area (Å²) >= 11 is 0. The van der Waals surface area contributed by atoms with E-state index in [1.54, 1.807) is 17.0 Å². The van der Waals surface area contributed by atoms with Crippen LogP contribution in [0.1, 0.15) is 29.0 Å². The first-order chi connectivity index (χ1) is 16.5. The van der Waals surface area contributed by atoms with Gasteiger partial charge in [0, 0.05) is 57.6 Å². The first-order valence-corrected chi connectivity index (χ1v) is 11.8. The first kappa shape index (κ1) is 22.3. The molecule has 34 heavy (non-hydrogen) atoms. The maximum atomic E-state index is 13.1. The number of imidazole rings is 1. The van der Waals surface area contributed by atoms with Crippen molar-refractivity contribution in [3.8, 4) is 0 Å². The standard InChI is InChI=1S/C25H29FN6O2/c1-29-22-9-4-18(24(33)31-10-2-3-11-31)16-21(22)28-23(29)17-30-12-14-32(15-13-30)25(34)27-20-7-5-19(26)6-8-20/h4-9,16H,2-3,10-15,17H2,1H3,(H,27,34). The van der Waals surface area contributed by atoms with E-state index in [9.17, 15) is 14.0 Å². The van der Waals surface area contributed by atoms with Crippen LogP contribution in [0, 0.1) is 5.82 Å². The summed E-state index contributed by atoms with van der Waals surface area (Å²) in [6.07, 6.45) is 2.14. The average Bonchev–Trinajstić information content (AvgIpc) is 3.49. The number of fused-ring (bicyclic) bond motifs is 1. The van der Waals surface area contributed by atoms with E-state index >= 15 is 0 Å². The van der Waals surface area contributed by atoms with Gasteiger partial charge in [-0.05, 0) is 55.3 Å². The molecule has 0 saturated carbocycles. The molecule has 3 heterocycles. The van der Waals surface area contributed by atoms with Crippen LogP contribution < -0.4 is 5.32 Å². The molecule has 3 amide bonds. The van der Waals surface area contributed by atoms with Gasteiger partial charge in [-0.15, -0.1) is 0 Å². The van der Waals surface area contributed by atoms with Gasteiger partial charge < -0.3 is 19.7 Å². The molecule has 8 nitrogen and oxygen atoms in total. The van der Waals surface area contributed by atoms with Crippen LogP contribution in [0.3, 0.4) is 0 Å². The Kier molecular flexibility index (Phi) is 6.19. The number of amides is 3. The molecule has 2 aliphatic rings. The molecule has 0 bridgehead atoms. The lowest BCUT2D eigenvalue weighted by molar-refractivity contribution is 0.0793. The van der Waals surface area contributed by atoms with Gasteiger partial charge in [0.05, 0.1) is 17.6 Å². The average molecular weight is 465 g/mol. The van der Waals surface area contributed by atoms with Crippen LogP contribution >= 0.6 is 0 Å². The second-order valence-electron chi connectivity index (χ2n) is 8.99. The van der Waals surface area contributed by atoms with E-state index in [4.69, 9.17) is 4.98 Å². The molecule has 178 valence electrons. The zero-order valence-electron chi connectivity index (χ0n) is 19.3. The molecule has 0 radical (unpaired) electrons. The van der Waals surface area contributed by atoms with Crippen LogP contribution in [0.2, 0.25) is 0 Å². The van der Waals surface area contributed by atoms with Crippen molar-refractivity contribution in [1.82, 2.24) is 24.3 Å². The minimum absolute atomic E-state index is 0.0849. The number of halogens is 1. The summed E-state index contributed by atoms with van der Waals surface area (Å²) in [5.41, 5.74) is 3.11. The molecule has 2 aliphatic heterocycles. The van der Waals surface area contributed by atoms with Gasteiger partial charge in [0.2, 0.25) is 0 Å². The topological polar surface area (TPSA) is 73.7 Å². The number of rotatable bonds is 4. The summed E-state index contributed by atoms with van der Waals surface area (Å²) in [7, 11) is 2.00. The molecule has 0 unspecified atom stereocenters. The van der Waals surface area contributed by atoms with Gasteiger partial charge >= 0.3 is 6.03 Å². The van der Waals surface area contributed by atoms with E-state index in [-0.39, 0.29) is 17.8 Å². The Morgan fingerprint density at radius 3 is 2.35 bits per heavy atom. The summed E-state index contributed by atoms with van der Waals surface area (Å²) in [6.45, 7) is 5.01. The normalized spacial score (nSPS) is 16.9. The smallest absolute Gasteiger partial charge is 0.321 e. The minimum atomic E-state index is -0.331. The fourth-order valence-electron chi connectivity index (χ4n) is 4.67. The number of nitrogens with zero attached hydrogens (tertiary/aromatic N) is 5. The Balaban J connectivity index is 1.20. The molecule has 9 heteroatoms. The van der Waals surface area contributed by atoms with E-state index in [0.29, 0.717) is 30.9 Å². The monoisotopic (exact) mass is 464 g/mol. The van der Waals surface area contributed by atoms with E-state index in [1.807, 2.05) is 30.1 Å². The van der Waals surface area contributed by atoms with Crippen molar-refractivity contribution in [2.24, 2.45) is 7.05 Å². The molecule has 5 rings (SSSR count). The summed E-state index contributed by atoms with van der Waals surface area (Å²) in [5.74, 6) is 0.689. The van der Waals surface area contributed by atoms with Gasteiger partial charge in [-0.2, -0.15) is 0 Å². The Morgan fingerprint density at radius 2 is 1.65 bits per heavy atom. The summed E-state index contributed by atoms with van der Waals surface area (Å²) in [4.78, 5) is 36.1. The molecule has 1 N–H and O–H groups in total. The minimum Gasteiger partial charge on any atom is -0.339 e. The van der Waals surface area contributed by atoms with E-state index in [0.717, 1.165) is 55.9 Å². The highest BCUT2D eigenvalue weighted by atomic mass is 19.1. The number of aromatic nitrogens is 2. The number of hydrogen-bond acceptors (Lipinski definition) is 4. The lowest BCUT2D eigenvalue weighted by atomic mass is 10.2. The van der Waals surface area contributed by atoms with Gasteiger partial charge in [-0.25, -0.2) is 14.2 Å². The maximum absolute atomic E-state index is 13.1. The van der Waals surface area contributed by atoms with E-state index < -0.39 is 0 Å². The predicted molar refractivity (Wildman–Crippen MR) is 128 cm³/mol. The van der Waals surface area contributed by atoms with Crippen LogP contribution in [0.15, 0.2) is 42.5 Å². The number of carbonyl (C=O) groups excluding carboxylic acids is 2. The molecule has 0 aliphatic carbocycles. The highest BCUT2D eigenvalue weighted by molar-refractivity contribution is 5.97. The lowest BCUT2D eigenvalue weighted by Crippen LogP contribution is -2.49. The van der Waals surface area contributed by atoms with Crippen molar-refractivity contribution in [2.45, 2.75) is 19.4 Å². The fourth-order valence-corrected chi connectivity index (χ4v) is 4.67. The number of nitrogens with one attached hydrogen (secondary N) is 1. The Labute approximate surface area is 197 Å². The van der Waals surface area contributed by atoms with Crippen LogP contribution in [-0.2, 0) is 13.6 Å². The van der Waals surface area contributed by atoms with E-state index in [1.165, 1.54) is 12.1 Å². The number of urea groups is 1. The fraction of sp³-hybridized carbons (Fsp3) is 0.400. The highest BCUT2D eigenvalue weighted by Crippen LogP contribution is 2.21. The van der Waals surface area contributed by atoms with Gasteiger partial charge in [0.25, 0.3) is 5.91 Å². The summed E-state index contributed by atoms with van der Waals surface area (Å²) < 4.78 is 15.1. The number of anilines is 1. The molecule has 0 atom stereocenters. The number of carbonyl (C=O) groups is 2. The molecule has 0 spiro atoms. The number of benzene rings is 2. The van der Waals surface area contributed by atoms with Crippen LogP contribution in [-0.4, -0.2) is 75.5 Å². The first-order valence-electron chi connectivity index (χ1n) is 11.8. The van der Waals surface area contributed by atoms with Crippen LogP contribution in [0.25, 0.3) is 11.0 Å². The van der Waals surface area contributed by atoms with Crippen molar-refractivity contribution in [1.29, 1.82) is 0 Å². The SMILES string of the molecule is Cn1c(CN2CCN(C(=O)Nc3ccc(F)cc3)CC2)nc2cc(C(=O)N3CCCC3)ccc21. The third kappa shape index (κ3) is 4.61. The molecule has 2 aromatic carbocycles. The van der Waals surface area contributed by atoms with Crippen LogP contribution in [0.4, 0.5) is 14.9 Å². The molecule has 1 aromatic heterocycles. The van der Waals surface area contributed by atoms with Gasteiger partial charge in [-0.1, -0.05) is 0 Å². The Morgan fingerprint density at radius 1 is 0.941 bits per heavy atom. The Bertz CT molecular complexity index is 1190. The molecule has 2 saturated heterocycles. The zero-order valence-corrected chi connectivity index (χ0v) is 19.3. The highest BCUT2D eigenvalue weighted by Gasteiger charge is 2.24. The van der Waals surface area contributed by atoms with Crippen molar-refractivity contribution in [3.63, 3.8) is 0 Å². The summed E-state index contributed by atoms with van der Waals surface area (Å²) in [6, 6.07) is 11.4. The Hall–Kier alpha value is -3.46. The van der Waals surface area contributed by atoms with Gasteiger partial charge in [0.1, 0.15) is 11.6 Å². The second kappa shape index (κ2) is 9.42. The molecule has 3 aromatic rings. The van der Waals surface area contributed by atoms with Gasteiger partial charge in [0.15, 0.2) is 0 Å². The molecular weight excluding hydrogens is 435 g/mol. The number of aryl methyl sites for hydroxylation is 1. The third-order valence-electron chi connectivity index (χ3n) is 6.73. The number of piperazine rings is 1. The van der Waals surface area contributed by atoms with Crippen molar-refractivity contribution < 1.29 is 14.0 Å². The third-order valence-corrected chi connectivity index (χ3v) is 6.73. The summed E-state index contributed by atoms with van der Waals surface area (Å²) in [5, 5.41) is 2.82. The lowest BCUT2D eigenvalue weighted by Gasteiger charge is -2.34. The van der Waals surface area contributed by atoms with Gasteiger partial charge in [-0.3, -0.25) is 9.69 Å². The van der Waals surface area contributed by atoms with Crippen molar-refractivity contribution in [3.05, 3.63) is 59.7 Å². The number of likely N-dealkylation sites (tertiary alicyclic amines) is 1. The largest absolute Gasteiger partial charge is 0.339 e.